The maximum absolute atomic E-state index is 10.0. The first-order valence-corrected chi connectivity index (χ1v) is 12.2. The smallest absolute Gasteiger partial charge is 0.232 e. The third-order valence-corrected chi connectivity index (χ3v) is 6.11. The fourth-order valence-corrected chi connectivity index (χ4v) is 4.30. The number of ether oxygens (including phenoxy) is 2. The predicted molar refractivity (Wildman–Crippen MR) is 138 cm³/mol. The van der Waals surface area contributed by atoms with E-state index in [0.29, 0.717) is 18.1 Å². The lowest BCUT2D eigenvalue weighted by atomic mass is 9.98. The van der Waals surface area contributed by atoms with Crippen LogP contribution in [-0.4, -0.2) is 35.9 Å². The van der Waals surface area contributed by atoms with E-state index in [1.54, 1.807) is 6.20 Å². The minimum atomic E-state index is -0.626. The minimum Gasteiger partial charge on any atom is -0.468 e. The van der Waals surface area contributed by atoms with Crippen LogP contribution in [0.2, 0.25) is 0 Å². The average molecular weight is 458 g/mol. The Labute approximate surface area is 203 Å². The van der Waals surface area contributed by atoms with Crippen LogP contribution < -0.4 is 9.64 Å². The predicted octanol–water partition coefficient (Wildman–Crippen LogP) is 6.74. The molecule has 3 aromatic rings. The molecule has 0 amide bonds. The van der Waals surface area contributed by atoms with Gasteiger partial charge in [0.25, 0.3) is 0 Å². The lowest BCUT2D eigenvalue weighted by Crippen LogP contribution is -2.38. The highest BCUT2D eigenvalue weighted by molar-refractivity contribution is 5.90. The zero-order chi connectivity index (χ0) is 24.3. The molecular weight excluding hydrogens is 422 g/mol. The maximum Gasteiger partial charge on any atom is 0.232 e. The Bertz CT molecular complexity index is 1200. The van der Waals surface area contributed by atoms with Crippen LogP contribution >= 0.6 is 0 Å². The van der Waals surface area contributed by atoms with Crippen LogP contribution in [0.3, 0.4) is 0 Å². The summed E-state index contributed by atoms with van der Waals surface area (Å²) in [7, 11) is 0. The van der Waals surface area contributed by atoms with Crippen molar-refractivity contribution in [2.24, 2.45) is 0 Å². The molecule has 1 fully saturated rings. The molecule has 0 N–H and O–H groups in total. The Kier molecular flexibility index (Phi) is 6.81. The maximum atomic E-state index is 10.0. The van der Waals surface area contributed by atoms with Gasteiger partial charge in [0.05, 0.1) is 12.2 Å². The van der Waals surface area contributed by atoms with Gasteiger partial charge in [0, 0.05) is 30.5 Å². The van der Waals surface area contributed by atoms with Crippen molar-refractivity contribution < 1.29 is 9.47 Å². The van der Waals surface area contributed by atoms with Crippen molar-refractivity contribution in [3.05, 3.63) is 54.2 Å². The van der Waals surface area contributed by atoms with E-state index in [9.17, 15) is 5.26 Å². The van der Waals surface area contributed by atoms with E-state index in [1.807, 2.05) is 40.7 Å². The van der Waals surface area contributed by atoms with Gasteiger partial charge >= 0.3 is 0 Å². The van der Waals surface area contributed by atoms with E-state index in [2.05, 4.69) is 52.4 Å². The summed E-state index contributed by atoms with van der Waals surface area (Å²) in [5.41, 5.74) is 2.63. The summed E-state index contributed by atoms with van der Waals surface area (Å²) < 4.78 is 12.1. The third-order valence-electron chi connectivity index (χ3n) is 6.11. The van der Waals surface area contributed by atoms with Crippen LogP contribution in [0.25, 0.3) is 21.9 Å². The van der Waals surface area contributed by atoms with E-state index in [4.69, 9.17) is 9.47 Å². The van der Waals surface area contributed by atoms with Crippen LogP contribution in [0, 0.1) is 11.3 Å². The summed E-state index contributed by atoms with van der Waals surface area (Å²) >= 11 is 0. The molecule has 5 nitrogen and oxygen atoms in total. The molecular formula is C29H35N3O2. The molecule has 0 unspecified atom stereocenters. The number of piperidine rings is 1. The van der Waals surface area contributed by atoms with Crippen molar-refractivity contribution in [1.82, 2.24) is 4.98 Å². The normalized spacial score (nSPS) is 14.8. The number of benzene rings is 2. The first kappa shape index (κ1) is 24.0. The van der Waals surface area contributed by atoms with Gasteiger partial charge in [0.2, 0.25) is 5.88 Å². The molecule has 0 bridgehead atoms. The van der Waals surface area contributed by atoms with Crippen LogP contribution in [0.1, 0.15) is 59.4 Å². The van der Waals surface area contributed by atoms with E-state index in [-0.39, 0.29) is 5.60 Å². The summed E-state index contributed by atoms with van der Waals surface area (Å²) in [6.07, 6.45) is 5.56. The molecule has 2 heterocycles. The first-order valence-electron chi connectivity index (χ1n) is 12.2. The number of anilines is 1. The fourth-order valence-electron chi connectivity index (χ4n) is 4.30. The van der Waals surface area contributed by atoms with Crippen molar-refractivity contribution in [2.75, 3.05) is 24.6 Å². The van der Waals surface area contributed by atoms with Crippen LogP contribution in [0.15, 0.2) is 48.7 Å². The van der Waals surface area contributed by atoms with E-state index >= 15 is 0 Å². The van der Waals surface area contributed by atoms with Crippen LogP contribution in [0.4, 0.5) is 5.69 Å². The molecule has 1 saturated heterocycles. The van der Waals surface area contributed by atoms with Crippen LogP contribution in [0.5, 0.6) is 5.88 Å². The third kappa shape index (κ3) is 5.69. The number of fused-ring (bicyclic) bond motifs is 1. The molecule has 0 radical (unpaired) electrons. The van der Waals surface area contributed by atoms with Crippen molar-refractivity contribution in [3.63, 3.8) is 0 Å². The summed E-state index contributed by atoms with van der Waals surface area (Å²) in [4.78, 5) is 6.86. The summed E-state index contributed by atoms with van der Waals surface area (Å²) in [6, 6.07) is 17.2. The number of hydrogen-bond donors (Lipinski definition) is 0. The molecule has 0 spiro atoms. The monoisotopic (exact) mass is 457 g/mol. The van der Waals surface area contributed by atoms with Gasteiger partial charge in [-0.2, -0.15) is 5.26 Å². The van der Waals surface area contributed by atoms with Gasteiger partial charge in [-0.05, 0) is 94.5 Å². The summed E-state index contributed by atoms with van der Waals surface area (Å²) in [5, 5.41) is 12.4. The lowest BCUT2D eigenvalue weighted by Gasteiger charge is -2.30. The summed E-state index contributed by atoms with van der Waals surface area (Å²) in [6.45, 7) is 12.6. The number of aromatic nitrogens is 1. The van der Waals surface area contributed by atoms with Crippen molar-refractivity contribution in [2.45, 2.75) is 65.1 Å². The second kappa shape index (κ2) is 9.64. The molecule has 1 aromatic heterocycles. The van der Waals surface area contributed by atoms with Gasteiger partial charge in [0.1, 0.15) is 17.2 Å². The number of pyridine rings is 1. The molecule has 34 heavy (non-hydrogen) atoms. The Morgan fingerprint density at radius 1 is 0.941 bits per heavy atom. The number of hydrogen-bond acceptors (Lipinski definition) is 5. The zero-order valence-corrected chi connectivity index (χ0v) is 21.0. The molecule has 0 saturated carbocycles. The molecule has 0 atom stereocenters. The average Bonchev–Trinajstić information content (AvgIpc) is 2.82. The molecule has 1 aliphatic rings. The highest BCUT2D eigenvalue weighted by Gasteiger charge is 2.26. The number of nitriles is 1. The van der Waals surface area contributed by atoms with Gasteiger partial charge in [-0.3, -0.25) is 0 Å². The lowest BCUT2D eigenvalue weighted by molar-refractivity contribution is -0.0735. The van der Waals surface area contributed by atoms with Gasteiger partial charge in [0.15, 0.2) is 0 Å². The standard InChI is InChI=1S/C29H35N3O2/c1-28(2,3)33-20-29(4,5)34-27-26(19-30)25(13-14-31-27)23-10-9-22-18-24(12-11-21(22)17-23)32-15-7-6-8-16-32/h9-14,17-18H,6-8,15-16,20H2,1-5H3. The van der Waals surface area contributed by atoms with E-state index in [1.165, 1.54) is 30.3 Å². The second-order valence-electron chi connectivity index (χ2n) is 10.7. The highest BCUT2D eigenvalue weighted by atomic mass is 16.6. The van der Waals surface area contributed by atoms with Crippen LogP contribution in [-0.2, 0) is 4.74 Å². The topological polar surface area (TPSA) is 58.4 Å². The largest absolute Gasteiger partial charge is 0.468 e. The highest BCUT2D eigenvalue weighted by Crippen LogP contribution is 2.33. The Hall–Kier alpha value is -3.10. The van der Waals surface area contributed by atoms with Gasteiger partial charge in [-0.1, -0.05) is 18.2 Å². The first-order chi connectivity index (χ1) is 16.1. The molecule has 178 valence electrons. The number of nitrogens with zero attached hydrogens (tertiary/aromatic N) is 3. The SMILES string of the molecule is CC(C)(C)OCC(C)(C)Oc1nccc(-c2ccc3cc(N4CCCCC4)ccc3c2)c1C#N. The van der Waals surface area contributed by atoms with Crippen molar-refractivity contribution in [1.29, 1.82) is 5.26 Å². The quantitative estimate of drug-likeness (QED) is 0.410. The Morgan fingerprint density at radius 2 is 1.65 bits per heavy atom. The molecule has 4 rings (SSSR count). The zero-order valence-electron chi connectivity index (χ0n) is 21.0. The van der Waals surface area contributed by atoms with Crippen molar-refractivity contribution >= 4 is 16.5 Å². The van der Waals surface area contributed by atoms with Gasteiger partial charge in [-0.15, -0.1) is 0 Å². The molecule has 1 aliphatic heterocycles. The molecule has 0 aliphatic carbocycles. The fraction of sp³-hybridized carbons (Fsp3) is 0.448. The van der Waals surface area contributed by atoms with E-state index in [0.717, 1.165) is 29.6 Å². The summed E-state index contributed by atoms with van der Waals surface area (Å²) in [5.74, 6) is 0.336. The van der Waals surface area contributed by atoms with Crippen molar-refractivity contribution in [3.8, 4) is 23.1 Å². The second-order valence-corrected chi connectivity index (χ2v) is 10.7. The van der Waals surface area contributed by atoms with Gasteiger partial charge < -0.3 is 14.4 Å². The molecule has 2 aromatic carbocycles. The van der Waals surface area contributed by atoms with E-state index < -0.39 is 5.60 Å². The Balaban J connectivity index is 1.62. The Morgan fingerprint density at radius 3 is 2.35 bits per heavy atom. The number of rotatable bonds is 6. The van der Waals surface area contributed by atoms with Gasteiger partial charge in [-0.25, -0.2) is 4.98 Å². The molecule has 5 heteroatoms. The minimum absolute atomic E-state index is 0.271.